The second-order valence-electron chi connectivity index (χ2n) is 5.71. The number of nitrogens with one attached hydrogen (secondary N) is 1. The van der Waals surface area contributed by atoms with Crippen molar-refractivity contribution in [3.8, 4) is 0 Å². The van der Waals surface area contributed by atoms with Gasteiger partial charge in [0.05, 0.1) is 12.7 Å². The van der Waals surface area contributed by atoms with Crippen LogP contribution in [0.15, 0.2) is 10.6 Å². The smallest absolute Gasteiger partial charge is 0.208 e. The van der Waals surface area contributed by atoms with Crippen LogP contribution in [-0.2, 0) is 13.0 Å². The van der Waals surface area contributed by atoms with Gasteiger partial charge >= 0.3 is 0 Å². The van der Waals surface area contributed by atoms with E-state index in [2.05, 4.69) is 36.0 Å². The molecule has 4 nitrogen and oxygen atoms in total. The molecule has 0 aromatic carbocycles. The molecule has 0 aliphatic carbocycles. The minimum absolute atomic E-state index is 0.598. The zero-order chi connectivity index (χ0) is 13.7. The number of aromatic nitrogens is 1. The Balaban J connectivity index is 1.77. The molecule has 2 rings (SSSR count). The molecule has 1 atom stereocenters. The number of oxazole rings is 1. The zero-order valence-electron chi connectivity index (χ0n) is 12.5. The predicted molar refractivity (Wildman–Crippen MR) is 77.1 cm³/mol. The van der Waals surface area contributed by atoms with Gasteiger partial charge < -0.3 is 14.6 Å². The van der Waals surface area contributed by atoms with Gasteiger partial charge in [-0.1, -0.05) is 6.92 Å². The molecule has 4 heteroatoms. The van der Waals surface area contributed by atoms with Crippen molar-refractivity contribution in [1.29, 1.82) is 0 Å². The maximum absolute atomic E-state index is 5.63. The monoisotopic (exact) mass is 265 g/mol. The van der Waals surface area contributed by atoms with Crippen LogP contribution in [-0.4, -0.2) is 35.1 Å². The van der Waals surface area contributed by atoms with Crippen LogP contribution < -0.4 is 5.32 Å². The van der Waals surface area contributed by atoms with E-state index in [0.717, 1.165) is 24.6 Å². The van der Waals surface area contributed by atoms with E-state index in [0.29, 0.717) is 12.1 Å². The van der Waals surface area contributed by atoms with Crippen LogP contribution in [0.3, 0.4) is 0 Å². The molecular formula is C15H27N3O. The van der Waals surface area contributed by atoms with Gasteiger partial charge in [0.25, 0.3) is 0 Å². The maximum Gasteiger partial charge on any atom is 0.208 e. The first-order valence-electron chi connectivity index (χ1n) is 7.60. The highest BCUT2D eigenvalue weighted by molar-refractivity contribution is 4.93. The maximum atomic E-state index is 5.63. The van der Waals surface area contributed by atoms with E-state index in [9.17, 15) is 0 Å². The van der Waals surface area contributed by atoms with Crippen molar-refractivity contribution in [1.82, 2.24) is 15.2 Å². The summed E-state index contributed by atoms with van der Waals surface area (Å²) in [6.45, 7) is 9.84. The van der Waals surface area contributed by atoms with Gasteiger partial charge in [0.15, 0.2) is 0 Å². The highest BCUT2D eigenvalue weighted by atomic mass is 16.4. The summed E-state index contributed by atoms with van der Waals surface area (Å²) in [5, 5.41) is 3.59. The fourth-order valence-corrected chi connectivity index (χ4v) is 2.66. The van der Waals surface area contributed by atoms with Crippen LogP contribution in [0.2, 0.25) is 0 Å². The minimum atomic E-state index is 0.598. The SMILES string of the molecule is CCc1cnc(CNC2CCCN(C(C)C)CC2)o1. The molecule has 0 spiro atoms. The standard InChI is InChI=1S/C15H27N3O/c1-4-14-10-17-15(19-14)11-16-13-6-5-8-18(9-7-13)12(2)3/h10,12-13,16H,4-9,11H2,1-3H3. The van der Waals surface area contributed by atoms with E-state index in [4.69, 9.17) is 4.42 Å². The van der Waals surface area contributed by atoms with E-state index in [1.807, 2.05) is 6.20 Å². The summed E-state index contributed by atoms with van der Waals surface area (Å²) in [5.41, 5.74) is 0. The second kappa shape index (κ2) is 7.06. The number of hydrogen-bond donors (Lipinski definition) is 1. The Labute approximate surface area is 116 Å². The summed E-state index contributed by atoms with van der Waals surface area (Å²) in [6, 6.07) is 1.26. The van der Waals surface area contributed by atoms with E-state index in [-0.39, 0.29) is 0 Å². The molecule has 108 valence electrons. The Bertz CT molecular complexity index is 375. The molecule has 1 aliphatic heterocycles. The molecule has 1 fully saturated rings. The number of likely N-dealkylation sites (tertiary alicyclic amines) is 1. The number of hydrogen-bond acceptors (Lipinski definition) is 4. The Hall–Kier alpha value is -0.870. The lowest BCUT2D eigenvalue weighted by atomic mass is 10.1. The van der Waals surface area contributed by atoms with Crippen molar-refractivity contribution in [2.45, 2.75) is 65.1 Å². The molecule has 1 N–H and O–H groups in total. The van der Waals surface area contributed by atoms with Crippen LogP contribution in [0.5, 0.6) is 0 Å². The molecule has 2 heterocycles. The third kappa shape index (κ3) is 4.32. The highest BCUT2D eigenvalue weighted by Crippen LogP contribution is 2.14. The lowest BCUT2D eigenvalue weighted by Crippen LogP contribution is -2.33. The first-order valence-corrected chi connectivity index (χ1v) is 7.60. The quantitative estimate of drug-likeness (QED) is 0.888. The van der Waals surface area contributed by atoms with Gasteiger partial charge in [-0.15, -0.1) is 0 Å². The molecule has 0 saturated carbocycles. The Morgan fingerprint density at radius 3 is 2.95 bits per heavy atom. The van der Waals surface area contributed by atoms with Gasteiger partial charge in [0.2, 0.25) is 5.89 Å². The van der Waals surface area contributed by atoms with E-state index in [1.54, 1.807) is 0 Å². The normalized spacial score (nSPS) is 21.8. The fraction of sp³-hybridized carbons (Fsp3) is 0.800. The lowest BCUT2D eigenvalue weighted by molar-refractivity contribution is 0.228. The second-order valence-corrected chi connectivity index (χ2v) is 5.71. The van der Waals surface area contributed by atoms with Crippen LogP contribution in [0.25, 0.3) is 0 Å². The topological polar surface area (TPSA) is 41.3 Å². The summed E-state index contributed by atoms with van der Waals surface area (Å²) in [5.74, 6) is 1.80. The van der Waals surface area contributed by atoms with Gasteiger partial charge in [-0.3, -0.25) is 0 Å². The number of rotatable bonds is 5. The Morgan fingerprint density at radius 1 is 1.42 bits per heavy atom. The van der Waals surface area contributed by atoms with Crippen LogP contribution in [0.4, 0.5) is 0 Å². The summed E-state index contributed by atoms with van der Waals surface area (Å²) < 4.78 is 5.63. The van der Waals surface area contributed by atoms with Crippen LogP contribution in [0, 0.1) is 0 Å². The molecule has 1 aromatic heterocycles. The van der Waals surface area contributed by atoms with E-state index < -0.39 is 0 Å². The summed E-state index contributed by atoms with van der Waals surface area (Å²) in [6.07, 6.45) is 6.51. The highest BCUT2D eigenvalue weighted by Gasteiger charge is 2.18. The van der Waals surface area contributed by atoms with Gasteiger partial charge in [-0.2, -0.15) is 0 Å². The average Bonchev–Trinajstić information content (AvgIpc) is 2.72. The molecule has 1 unspecified atom stereocenters. The van der Waals surface area contributed by atoms with Crippen molar-refractivity contribution < 1.29 is 4.42 Å². The molecule has 0 amide bonds. The molecule has 0 bridgehead atoms. The van der Waals surface area contributed by atoms with Crippen LogP contribution in [0.1, 0.15) is 51.7 Å². The number of nitrogens with zero attached hydrogens (tertiary/aromatic N) is 2. The fourth-order valence-electron chi connectivity index (χ4n) is 2.66. The molecule has 1 aromatic rings. The van der Waals surface area contributed by atoms with Gasteiger partial charge in [0.1, 0.15) is 5.76 Å². The Kier molecular flexibility index (Phi) is 5.40. The van der Waals surface area contributed by atoms with Gasteiger partial charge in [-0.25, -0.2) is 4.98 Å². The van der Waals surface area contributed by atoms with E-state index >= 15 is 0 Å². The Morgan fingerprint density at radius 2 is 2.26 bits per heavy atom. The third-order valence-electron chi connectivity index (χ3n) is 3.98. The van der Waals surface area contributed by atoms with Crippen molar-refractivity contribution in [3.05, 3.63) is 17.8 Å². The lowest BCUT2D eigenvalue weighted by Gasteiger charge is -2.24. The van der Waals surface area contributed by atoms with Crippen molar-refractivity contribution >= 4 is 0 Å². The van der Waals surface area contributed by atoms with Crippen molar-refractivity contribution in [2.75, 3.05) is 13.1 Å². The van der Waals surface area contributed by atoms with Crippen molar-refractivity contribution in [2.24, 2.45) is 0 Å². The molecular weight excluding hydrogens is 238 g/mol. The molecule has 19 heavy (non-hydrogen) atoms. The summed E-state index contributed by atoms with van der Waals surface area (Å²) in [7, 11) is 0. The summed E-state index contributed by atoms with van der Waals surface area (Å²) in [4.78, 5) is 6.87. The first-order chi connectivity index (χ1) is 9.19. The zero-order valence-corrected chi connectivity index (χ0v) is 12.5. The molecule has 1 saturated heterocycles. The molecule has 1 aliphatic rings. The average molecular weight is 265 g/mol. The molecule has 0 radical (unpaired) electrons. The van der Waals surface area contributed by atoms with Crippen molar-refractivity contribution in [3.63, 3.8) is 0 Å². The predicted octanol–water partition coefficient (Wildman–Crippen LogP) is 2.59. The summed E-state index contributed by atoms with van der Waals surface area (Å²) >= 11 is 0. The largest absolute Gasteiger partial charge is 0.444 e. The van der Waals surface area contributed by atoms with Crippen LogP contribution >= 0.6 is 0 Å². The van der Waals surface area contributed by atoms with Gasteiger partial charge in [-0.05, 0) is 46.2 Å². The van der Waals surface area contributed by atoms with E-state index in [1.165, 1.54) is 32.4 Å². The number of aryl methyl sites for hydroxylation is 1. The first kappa shape index (κ1) is 14.5. The third-order valence-corrected chi connectivity index (χ3v) is 3.98. The van der Waals surface area contributed by atoms with Gasteiger partial charge in [0, 0.05) is 18.5 Å². The minimum Gasteiger partial charge on any atom is -0.444 e.